The summed E-state index contributed by atoms with van der Waals surface area (Å²) in [7, 11) is 0. The number of nitrogens with zero attached hydrogens (tertiary/aromatic N) is 1. The normalized spacial score (nSPS) is 12.5. The van der Waals surface area contributed by atoms with Gasteiger partial charge in [0.25, 0.3) is 17.7 Å². The van der Waals surface area contributed by atoms with Crippen molar-refractivity contribution >= 4 is 40.7 Å². The molecule has 1 heterocycles. The van der Waals surface area contributed by atoms with E-state index in [1.54, 1.807) is 72.8 Å². The van der Waals surface area contributed by atoms with Crippen LogP contribution in [0.2, 0.25) is 0 Å². The van der Waals surface area contributed by atoms with Gasteiger partial charge in [0.05, 0.1) is 16.8 Å². The minimum atomic E-state index is -0.382. The van der Waals surface area contributed by atoms with Gasteiger partial charge in [0.15, 0.2) is 0 Å². The number of anilines is 3. The van der Waals surface area contributed by atoms with Crippen LogP contribution in [0, 0.1) is 0 Å². The minimum absolute atomic E-state index is 0.176. The number of nitrogens with one attached hydrogen (secondary N) is 2. The molecule has 1 aliphatic rings. The molecule has 7 heteroatoms. The predicted octanol–water partition coefficient (Wildman–Crippen LogP) is 3.70. The van der Waals surface area contributed by atoms with Crippen molar-refractivity contribution < 1.29 is 19.2 Å². The molecule has 7 nitrogen and oxygen atoms in total. The second-order valence-corrected chi connectivity index (χ2v) is 6.75. The fraction of sp³-hybridized carbons (Fsp3) is 0.0435. The third-order valence-corrected chi connectivity index (χ3v) is 4.64. The van der Waals surface area contributed by atoms with E-state index < -0.39 is 0 Å². The van der Waals surface area contributed by atoms with Crippen LogP contribution in [0.5, 0.6) is 0 Å². The molecule has 4 rings (SSSR count). The molecule has 0 saturated carbocycles. The third-order valence-electron chi connectivity index (χ3n) is 4.64. The predicted molar refractivity (Wildman–Crippen MR) is 113 cm³/mol. The van der Waals surface area contributed by atoms with Gasteiger partial charge in [-0.05, 0) is 60.7 Å². The van der Waals surface area contributed by atoms with E-state index in [4.69, 9.17) is 0 Å². The van der Waals surface area contributed by atoms with E-state index in [1.807, 2.05) is 0 Å². The summed E-state index contributed by atoms with van der Waals surface area (Å²) < 4.78 is 0. The first-order valence-electron chi connectivity index (χ1n) is 9.21. The van der Waals surface area contributed by atoms with Crippen LogP contribution in [0.1, 0.15) is 38.0 Å². The highest BCUT2D eigenvalue weighted by Gasteiger charge is 2.36. The second-order valence-electron chi connectivity index (χ2n) is 6.75. The average molecular weight is 399 g/mol. The van der Waals surface area contributed by atoms with Crippen LogP contribution >= 0.6 is 0 Å². The Morgan fingerprint density at radius 3 is 1.70 bits per heavy atom. The summed E-state index contributed by atoms with van der Waals surface area (Å²) in [5.74, 6) is -1.28. The summed E-state index contributed by atoms with van der Waals surface area (Å²) in [6.45, 7) is 1.42. The molecule has 4 amide bonds. The number of fused-ring (bicyclic) bond motifs is 1. The molecule has 0 fully saturated rings. The number of hydrogen-bond donors (Lipinski definition) is 2. The molecule has 3 aromatic rings. The average Bonchev–Trinajstić information content (AvgIpc) is 3.00. The minimum Gasteiger partial charge on any atom is -0.326 e. The lowest BCUT2D eigenvalue weighted by molar-refractivity contribution is -0.114. The Morgan fingerprint density at radius 2 is 1.20 bits per heavy atom. The first-order chi connectivity index (χ1) is 14.4. The van der Waals surface area contributed by atoms with Gasteiger partial charge >= 0.3 is 0 Å². The van der Waals surface area contributed by atoms with Crippen molar-refractivity contribution in [1.82, 2.24) is 0 Å². The monoisotopic (exact) mass is 399 g/mol. The Kier molecular flexibility index (Phi) is 4.85. The van der Waals surface area contributed by atoms with Gasteiger partial charge in [0.1, 0.15) is 0 Å². The molecule has 0 aliphatic carbocycles. The molecule has 0 spiro atoms. The van der Waals surface area contributed by atoms with Crippen LogP contribution in [0.25, 0.3) is 0 Å². The first-order valence-corrected chi connectivity index (χ1v) is 9.21. The summed E-state index contributed by atoms with van der Waals surface area (Å²) >= 11 is 0. The Hall–Kier alpha value is -4.26. The molecule has 3 aromatic carbocycles. The Balaban J connectivity index is 1.47. The number of rotatable bonds is 4. The van der Waals surface area contributed by atoms with Crippen LogP contribution in [0.3, 0.4) is 0 Å². The zero-order chi connectivity index (χ0) is 21.3. The number of amides is 4. The summed E-state index contributed by atoms with van der Waals surface area (Å²) in [5.41, 5.74) is 2.71. The molecule has 0 unspecified atom stereocenters. The number of imide groups is 1. The van der Waals surface area contributed by atoms with Crippen LogP contribution in [-0.4, -0.2) is 23.6 Å². The zero-order valence-electron chi connectivity index (χ0n) is 16.0. The molecule has 0 radical (unpaired) electrons. The van der Waals surface area contributed by atoms with Gasteiger partial charge in [0.2, 0.25) is 5.91 Å². The Bertz CT molecular complexity index is 1130. The Labute approximate surface area is 172 Å². The maximum absolute atomic E-state index is 12.6. The summed E-state index contributed by atoms with van der Waals surface area (Å²) in [6, 6.07) is 19.6. The lowest BCUT2D eigenvalue weighted by Crippen LogP contribution is -2.29. The lowest BCUT2D eigenvalue weighted by atomic mass is 10.1. The van der Waals surface area contributed by atoms with Crippen LogP contribution < -0.4 is 15.5 Å². The lowest BCUT2D eigenvalue weighted by Gasteiger charge is -2.14. The van der Waals surface area contributed by atoms with Gasteiger partial charge < -0.3 is 10.6 Å². The van der Waals surface area contributed by atoms with Crippen LogP contribution in [0.15, 0.2) is 72.8 Å². The maximum atomic E-state index is 12.6. The van der Waals surface area contributed by atoms with Gasteiger partial charge in [-0.2, -0.15) is 0 Å². The summed E-state index contributed by atoms with van der Waals surface area (Å²) in [4.78, 5) is 49.8. The van der Waals surface area contributed by atoms with E-state index in [0.717, 1.165) is 4.90 Å². The van der Waals surface area contributed by atoms with Gasteiger partial charge in [0, 0.05) is 23.9 Å². The smallest absolute Gasteiger partial charge is 0.266 e. The summed E-state index contributed by atoms with van der Waals surface area (Å²) in [6.07, 6.45) is 0. The Morgan fingerprint density at radius 1 is 0.700 bits per heavy atom. The van der Waals surface area contributed by atoms with E-state index in [1.165, 1.54) is 6.92 Å². The van der Waals surface area contributed by atoms with E-state index >= 15 is 0 Å². The molecule has 2 N–H and O–H groups in total. The van der Waals surface area contributed by atoms with Crippen molar-refractivity contribution in [3.8, 4) is 0 Å². The molecular formula is C23H17N3O4. The highest BCUT2D eigenvalue weighted by molar-refractivity contribution is 6.34. The highest BCUT2D eigenvalue weighted by Crippen LogP contribution is 2.28. The van der Waals surface area contributed by atoms with E-state index in [2.05, 4.69) is 10.6 Å². The second kappa shape index (κ2) is 7.63. The summed E-state index contributed by atoms with van der Waals surface area (Å²) in [5, 5.41) is 5.41. The standard InChI is InChI=1S/C23H17N3O4/c1-14(27)24-16-8-10-17(11-9-16)25-21(28)15-6-12-18(13-7-15)26-22(29)19-4-2-3-5-20(19)23(26)30/h2-13H,1H3,(H,24,27)(H,25,28). The molecule has 30 heavy (non-hydrogen) atoms. The highest BCUT2D eigenvalue weighted by atomic mass is 16.2. The van der Waals surface area contributed by atoms with Crippen molar-refractivity contribution in [3.05, 3.63) is 89.5 Å². The SMILES string of the molecule is CC(=O)Nc1ccc(NC(=O)c2ccc(N3C(=O)c4ccccc4C3=O)cc2)cc1. The van der Waals surface area contributed by atoms with E-state index in [-0.39, 0.29) is 23.6 Å². The fourth-order valence-electron chi connectivity index (χ4n) is 3.23. The van der Waals surface area contributed by atoms with Crippen molar-refractivity contribution in [1.29, 1.82) is 0 Å². The van der Waals surface area contributed by atoms with Crippen molar-refractivity contribution in [3.63, 3.8) is 0 Å². The zero-order valence-corrected chi connectivity index (χ0v) is 16.0. The fourth-order valence-corrected chi connectivity index (χ4v) is 3.23. The topological polar surface area (TPSA) is 95.6 Å². The first kappa shape index (κ1) is 19.1. The molecule has 1 aliphatic heterocycles. The number of benzene rings is 3. The maximum Gasteiger partial charge on any atom is 0.266 e. The number of hydrogen-bond acceptors (Lipinski definition) is 4. The van der Waals surface area contributed by atoms with E-state index in [0.29, 0.717) is 33.8 Å². The number of carbonyl (C=O) groups is 4. The molecule has 0 saturated heterocycles. The van der Waals surface area contributed by atoms with Crippen LogP contribution in [0.4, 0.5) is 17.1 Å². The molecular weight excluding hydrogens is 382 g/mol. The largest absolute Gasteiger partial charge is 0.326 e. The molecule has 148 valence electrons. The molecule has 0 bridgehead atoms. The third kappa shape index (κ3) is 3.56. The van der Waals surface area contributed by atoms with Crippen LogP contribution in [-0.2, 0) is 4.79 Å². The molecule has 0 aromatic heterocycles. The molecule has 0 atom stereocenters. The van der Waals surface area contributed by atoms with Gasteiger partial charge in [-0.15, -0.1) is 0 Å². The van der Waals surface area contributed by atoms with Crippen molar-refractivity contribution in [2.45, 2.75) is 6.92 Å². The number of carbonyl (C=O) groups excluding carboxylic acids is 4. The van der Waals surface area contributed by atoms with Crippen molar-refractivity contribution in [2.75, 3.05) is 15.5 Å². The van der Waals surface area contributed by atoms with Gasteiger partial charge in [-0.25, -0.2) is 4.90 Å². The van der Waals surface area contributed by atoms with Crippen molar-refractivity contribution in [2.24, 2.45) is 0 Å². The van der Waals surface area contributed by atoms with E-state index in [9.17, 15) is 19.2 Å². The van der Waals surface area contributed by atoms with Gasteiger partial charge in [-0.3, -0.25) is 19.2 Å². The quantitative estimate of drug-likeness (QED) is 0.654. The van der Waals surface area contributed by atoms with Gasteiger partial charge in [-0.1, -0.05) is 12.1 Å².